The van der Waals surface area contributed by atoms with E-state index in [-0.39, 0.29) is 0 Å². The number of aromatic nitrogens is 2. The van der Waals surface area contributed by atoms with E-state index in [0.717, 1.165) is 40.1 Å². The van der Waals surface area contributed by atoms with Gasteiger partial charge in [-0.05, 0) is 30.7 Å². The lowest BCUT2D eigenvalue weighted by molar-refractivity contribution is 0.199. The van der Waals surface area contributed by atoms with Crippen LogP contribution in [0.4, 0.5) is 0 Å². The van der Waals surface area contributed by atoms with E-state index < -0.39 is 0 Å². The van der Waals surface area contributed by atoms with Gasteiger partial charge in [-0.3, -0.25) is 0 Å². The molecule has 2 aromatic rings. The molecule has 0 atom stereocenters. The van der Waals surface area contributed by atoms with Gasteiger partial charge in [0.2, 0.25) is 0 Å². The van der Waals surface area contributed by atoms with E-state index in [1.807, 2.05) is 24.5 Å². The first kappa shape index (κ1) is 15.1. The first-order chi connectivity index (χ1) is 9.70. The van der Waals surface area contributed by atoms with Gasteiger partial charge < -0.3 is 10.1 Å². The Labute approximate surface area is 127 Å². The van der Waals surface area contributed by atoms with Gasteiger partial charge in [-0.1, -0.05) is 15.9 Å². The van der Waals surface area contributed by atoms with Crippen molar-refractivity contribution in [1.82, 2.24) is 15.3 Å². The van der Waals surface area contributed by atoms with Crippen molar-refractivity contribution < 1.29 is 4.74 Å². The Morgan fingerprint density at radius 3 is 2.65 bits per heavy atom. The molecule has 0 unspecified atom stereocenters. The highest BCUT2D eigenvalue weighted by Gasteiger charge is 2.05. The fraction of sp³-hybridized carbons (Fsp3) is 0.333. The van der Waals surface area contributed by atoms with E-state index in [2.05, 4.69) is 44.2 Å². The maximum absolute atomic E-state index is 4.98. The number of benzene rings is 1. The molecule has 0 aliphatic carbocycles. The van der Waals surface area contributed by atoms with Crippen LogP contribution in [0.5, 0.6) is 0 Å². The van der Waals surface area contributed by atoms with Crippen molar-refractivity contribution in [3.05, 3.63) is 46.2 Å². The molecule has 1 aromatic carbocycles. The first-order valence-corrected chi connectivity index (χ1v) is 7.27. The third-order valence-electron chi connectivity index (χ3n) is 2.95. The number of aryl methyl sites for hydroxylation is 1. The van der Waals surface area contributed by atoms with Crippen LogP contribution in [0.25, 0.3) is 11.4 Å². The molecule has 0 bridgehead atoms. The predicted molar refractivity (Wildman–Crippen MR) is 83.5 cm³/mol. The van der Waals surface area contributed by atoms with E-state index in [0.29, 0.717) is 6.61 Å². The zero-order valence-corrected chi connectivity index (χ0v) is 13.3. The van der Waals surface area contributed by atoms with Crippen LogP contribution in [0.3, 0.4) is 0 Å². The summed E-state index contributed by atoms with van der Waals surface area (Å²) in [6.07, 6.45) is 3.73. The summed E-state index contributed by atoms with van der Waals surface area (Å²) in [7, 11) is 1.69. The second-order valence-corrected chi connectivity index (χ2v) is 5.46. The van der Waals surface area contributed by atoms with E-state index in [4.69, 9.17) is 4.74 Å². The average molecular weight is 336 g/mol. The van der Waals surface area contributed by atoms with Gasteiger partial charge in [0, 0.05) is 48.2 Å². The summed E-state index contributed by atoms with van der Waals surface area (Å²) in [6.45, 7) is 4.34. The fourth-order valence-corrected chi connectivity index (χ4v) is 2.35. The number of nitrogens with zero attached hydrogens (tertiary/aromatic N) is 2. The molecule has 2 rings (SSSR count). The second-order valence-electron chi connectivity index (χ2n) is 4.54. The molecule has 1 N–H and O–H groups in total. The van der Waals surface area contributed by atoms with Crippen molar-refractivity contribution in [1.29, 1.82) is 0 Å². The van der Waals surface area contributed by atoms with Gasteiger partial charge in [0.25, 0.3) is 0 Å². The first-order valence-electron chi connectivity index (χ1n) is 6.48. The third kappa shape index (κ3) is 4.10. The highest BCUT2D eigenvalue weighted by molar-refractivity contribution is 9.10. The minimum absolute atomic E-state index is 0.705. The normalized spacial score (nSPS) is 10.8. The molecule has 0 aliphatic heterocycles. The molecule has 20 heavy (non-hydrogen) atoms. The van der Waals surface area contributed by atoms with Crippen LogP contribution in [0, 0.1) is 6.92 Å². The van der Waals surface area contributed by atoms with Crippen molar-refractivity contribution >= 4 is 15.9 Å². The van der Waals surface area contributed by atoms with Crippen molar-refractivity contribution in [3.8, 4) is 11.4 Å². The molecule has 106 valence electrons. The molecule has 5 heteroatoms. The van der Waals surface area contributed by atoms with E-state index in [1.54, 1.807) is 7.11 Å². The van der Waals surface area contributed by atoms with Crippen LogP contribution >= 0.6 is 15.9 Å². The Balaban J connectivity index is 2.04. The monoisotopic (exact) mass is 335 g/mol. The number of ether oxygens (including phenoxy) is 1. The molecule has 4 nitrogen and oxygen atoms in total. The summed E-state index contributed by atoms with van der Waals surface area (Å²) < 4.78 is 6.05. The van der Waals surface area contributed by atoms with Crippen LogP contribution in [0.1, 0.15) is 11.1 Å². The fourth-order valence-electron chi connectivity index (χ4n) is 1.87. The SMILES string of the molecule is COCCNCc1cnc(-c2ccc(Br)cc2C)nc1. The zero-order valence-electron chi connectivity index (χ0n) is 11.7. The highest BCUT2D eigenvalue weighted by atomic mass is 79.9. The molecule has 0 saturated heterocycles. The van der Waals surface area contributed by atoms with Gasteiger partial charge in [-0.15, -0.1) is 0 Å². The molecule has 0 fully saturated rings. The number of hydrogen-bond donors (Lipinski definition) is 1. The molecule has 0 spiro atoms. The van der Waals surface area contributed by atoms with Crippen LogP contribution < -0.4 is 5.32 Å². The maximum atomic E-state index is 4.98. The molecule has 0 saturated carbocycles. The average Bonchev–Trinajstić information content (AvgIpc) is 2.45. The molecular weight excluding hydrogens is 318 g/mol. The lowest BCUT2D eigenvalue weighted by Crippen LogP contribution is -2.18. The lowest BCUT2D eigenvalue weighted by atomic mass is 10.1. The van der Waals surface area contributed by atoms with Crippen LogP contribution in [-0.2, 0) is 11.3 Å². The van der Waals surface area contributed by atoms with E-state index in [9.17, 15) is 0 Å². The molecule has 1 heterocycles. The quantitative estimate of drug-likeness (QED) is 0.824. The highest BCUT2D eigenvalue weighted by Crippen LogP contribution is 2.23. The lowest BCUT2D eigenvalue weighted by Gasteiger charge is -2.07. The van der Waals surface area contributed by atoms with E-state index >= 15 is 0 Å². The standard InChI is InChI=1S/C15H18BrN3O/c1-11-7-13(16)3-4-14(11)15-18-9-12(10-19-15)8-17-5-6-20-2/h3-4,7,9-10,17H,5-6,8H2,1-2H3. The molecule has 0 aliphatic rings. The molecule has 0 radical (unpaired) electrons. The van der Waals surface area contributed by atoms with E-state index in [1.165, 1.54) is 0 Å². The molecule has 1 aromatic heterocycles. The number of methoxy groups -OCH3 is 1. The van der Waals surface area contributed by atoms with Crippen molar-refractivity contribution in [3.63, 3.8) is 0 Å². The van der Waals surface area contributed by atoms with Gasteiger partial charge in [-0.2, -0.15) is 0 Å². The van der Waals surface area contributed by atoms with Crippen LogP contribution in [0.2, 0.25) is 0 Å². The van der Waals surface area contributed by atoms with Gasteiger partial charge >= 0.3 is 0 Å². The zero-order chi connectivity index (χ0) is 14.4. The summed E-state index contributed by atoms with van der Waals surface area (Å²) in [5, 5.41) is 3.27. The van der Waals surface area contributed by atoms with Crippen molar-refractivity contribution in [2.45, 2.75) is 13.5 Å². The summed E-state index contributed by atoms with van der Waals surface area (Å²) in [4.78, 5) is 8.88. The predicted octanol–water partition coefficient (Wildman–Crippen LogP) is 2.95. The van der Waals surface area contributed by atoms with Gasteiger partial charge in [0.1, 0.15) is 0 Å². The number of nitrogens with one attached hydrogen (secondary N) is 1. The Hall–Kier alpha value is -1.30. The van der Waals surface area contributed by atoms with Gasteiger partial charge in [-0.25, -0.2) is 9.97 Å². The van der Waals surface area contributed by atoms with Crippen molar-refractivity contribution in [2.75, 3.05) is 20.3 Å². The van der Waals surface area contributed by atoms with Gasteiger partial charge in [0.15, 0.2) is 5.82 Å². The summed E-state index contributed by atoms with van der Waals surface area (Å²) in [5.41, 5.74) is 3.29. The number of rotatable bonds is 6. The van der Waals surface area contributed by atoms with Crippen LogP contribution in [-0.4, -0.2) is 30.2 Å². The Morgan fingerprint density at radius 1 is 1.25 bits per heavy atom. The Kier molecular flexibility index (Phi) is 5.64. The smallest absolute Gasteiger partial charge is 0.159 e. The minimum atomic E-state index is 0.705. The topological polar surface area (TPSA) is 47.0 Å². The number of halogens is 1. The molecule has 0 amide bonds. The van der Waals surface area contributed by atoms with Crippen LogP contribution in [0.15, 0.2) is 35.1 Å². The van der Waals surface area contributed by atoms with Crippen molar-refractivity contribution in [2.24, 2.45) is 0 Å². The largest absolute Gasteiger partial charge is 0.383 e. The Morgan fingerprint density at radius 2 is 2.00 bits per heavy atom. The minimum Gasteiger partial charge on any atom is -0.383 e. The summed E-state index contributed by atoms with van der Waals surface area (Å²) in [6, 6.07) is 6.11. The van der Waals surface area contributed by atoms with Gasteiger partial charge in [0.05, 0.1) is 6.61 Å². The summed E-state index contributed by atoms with van der Waals surface area (Å²) >= 11 is 3.46. The summed E-state index contributed by atoms with van der Waals surface area (Å²) in [5.74, 6) is 0.760. The number of hydrogen-bond acceptors (Lipinski definition) is 4. The maximum Gasteiger partial charge on any atom is 0.159 e. The third-order valence-corrected chi connectivity index (χ3v) is 3.44. The second kappa shape index (κ2) is 7.47. The Bertz CT molecular complexity index is 558. The molecular formula is C15H18BrN3O.